The molecule has 4 heteroatoms. The largest absolute Gasteiger partial charge is 0.454 e. The minimum atomic E-state index is -0.418. The normalized spacial score (nSPS) is 20.4. The molecule has 1 atom stereocenters. The Hall–Kier alpha value is -1.52. The Morgan fingerprint density at radius 1 is 1.15 bits per heavy atom. The van der Waals surface area contributed by atoms with Gasteiger partial charge in [-0.05, 0) is 43.6 Å². The van der Waals surface area contributed by atoms with Crippen LogP contribution in [0.25, 0.3) is 6.08 Å². The summed E-state index contributed by atoms with van der Waals surface area (Å²) >= 11 is 0. The van der Waals surface area contributed by atoms with Gasteiger partial charge in [-0.25, -0.2) is 0 Å². The van der Waals surface area contributed by atoms with Crippen molar-refractivity contribution in [2.24, 2.45) is 0 Å². The maximum atomic E-state index is 10.1. The van der Waals surface area contributed by atoms with Crippen LogP contribution in [0.1, 0.15) is 24.8 Å². The van der Waals surface area contributed by atoms with Crippen LogP contribution in [-0.4, -0.2) is 42.5 Å². The highest BCUT2D eigenvalue weighted by molar-refractivity contribution is 5.56. The summed E-state index contributed by atoms with van der Waals surface area (Å²) < 4.78 is 10.6. The highest BCUT2D eigenvalue weighted by Crippen LogP contribution is 2.32. The first kappa shape index (κ1) is 13.5. The second kappa shape index (κ2) is 6.29. The summed E-state index contributed by atoms with van der Waals surface area (Å²) in [5, 5.41) is 10.1. The summed E-state index contributed by atoms with van der Waals surface area (Å²) in [6.45, 7) is 3.23. The third-order valence-corrected chi connectivity index (χ3v) is 3.80. The molecule has 0 spiro atoms. The first-order valence-corrected chi connectivity index (χ1v) is 7.29. The molecule has 4 nitrogen and oxygen atoms in total. The van der Waals surface area contributed by atoms with Crippen molar-refractivity contribution in [3.63, 3.8) is 0 Å². The van der Waals surface area contributed by atoms with Gasteiger partial charge in [0.05, 0.1) is 6.10 Å². The van der Waals surface area contributed by atoms with E-state index < -0.39 is 6.10 Å². The van der Waals surface area contributed by atoms with Crippen LogP contribution in [0.5, 0.6) is 11.5 Å². The molecule has 0 saturated carbocycles. The van der Waals surface area contributed by atoms with Crippen LogP contribution in [0.3, 0.4) is 0 Å². The molecule has 1 aromatic rings. The van der Waals surface area contributed by atoms with E-state index in [2.05, 4.69) is 4.90 Å². The number of hydrogen-bond donors (Lipinski definition) is 1. The molecule has 1 aromatic carbocycles. The topological polar surface area (TPSA) is 41.9 Å². The molecule has 20 heavy (non-hydrogen) atoms. The number of hydrogen-bond acceptors (Lipinski definition) is 4. The van der Waals surface area contributed by atoms with Crippen LogP contribution in [-0.2, 0) is 0 Å². The SMILES string of the molecule is OC(C=Cc1ccc2c(c1)OCO2)CN1CCCCC1. The number of rotatable bonds is 4. The van der Waals surface area contributed by atoms with Crippen molar-refractivity contribution >= 4 is 6.08 Å². The molecule has 1 unspecified atom stereocenters. The molecule has 108 valence electrons. The van der Waals surface area contributed by atoms with Gasteiger partial charge >= 0.3 is 0 Å². The minimum Gasteiger partial charge on any atom is -0.454 e. The van der Waals surface area contributed by atoms with Crippen molar-refractivity contribution in [3.05, 3.63) is 29.8 Å². The molecular weight excluding hydrogens is 254 g/mol. The van der Waals surface area contributed by atoms with Gasteiger partial charge < -0.3 is 19.5 Å². The van der Waals surface area contributed by atoms with Crippen LogP contribution in [0.4, 0.5) is 0 Å². The van der Waals surface area contributed by atoms with Gasteiger partial charge in [0, 0.05) is 6.54 Å². The van der Waals surface area contributed by atoms with E-state index in [1.54, 1.807) is 0 Å². The van der Waals surface area contributed by atoms with Crippen molar-refractivity contribution in [1.82, 2.24) is 4.90 Å². The molecule has 1 fully saturated rings. The molecule has 0 aliphatic carbocycles. The number of ether oxygens (including phenoxy) is 2. The second-order valence-corrected chi connectivity index (χ2v) is 5.40. The lowest BCUT2D eigenvalue weighted by atomic mass is 10.1. The number of aliphatic hydroxyl groups is 1. The Morgan fingerprint density at radius 3 is 2.80 bits per heavy atom. The van der Waals surface area contributed by atoms with Gasteiger partial charge in [0.25, 0.3) is 0 Å². The van der Waals surface area contributed by atoms with Gasteiger partial charge in [0.2, 0.25) is 6.79 Å². The maximum absolute atomic E-state index is 10.1. The van der Waals surface area contributed by atoms with E-state index in [-0.39, 0.29) is 0 Å². The zero-order chi connectivity index (χ0) is 13.8. The number of nitrogens with zero attached hydrogens (tertiary/aromatic N) is 1. The predicted octanol–water partition coefficient (Wildman–Crippen LogP) is 2.28. The lowest BCUT2D eigenvalue weighted by Crippen LogP contribution is -2.35. The van der Waals surface area contributed by atoms with E-state index in [4.69, 9.17) is 9.47 Å². The number of aliphatic hydroxyl groups excluding tert-OH is 1. The van der Waals surface area contributed by atoms with Crippen LogP contribution >= 0.6 is 0 Å². The molecule has 0 radical (unpaired) electrons. The van der Waals surface area contributed by atoms with E-state index in [0.717, 1.165) is 36.7 Å². The molecule has 1 saturated heterocycles. The van der Waals surface area contributed by atoms with E-state index in [1.807, 2.05) is 30.4 Å². The van der Waals surface area contributed by atoms with Gasteiger partial charge in [0.15, 0.2) is 11.5 Å². The Balaban J connectivity index is 1.56. The fraction of sp³-hybridized carbons (Fsp3) is 0.500. The van der Waals surface area contributed by atoms with Crippen molar-refractivity contribution in [2.45, 2.75) is 25.4 Å². The van der Waals surface area contributed by atoms with E-state index in [1.165, 1.54) is 19.3 Å². The average molecular weight is 275 g/mol. The molecule has 0 amide bonds. The summed E-state index contributed by atoms with van der Waals surface area (Å²) in [6, 6.07) is 5.81. The number of β-amino-alcohol motifs (C(OH)–C–C–N with tert-alkyl or cyclic N) is 1. The molecule has 2 aliphatic rings. The molecule has 0 bridgehead atoms. The van der Waals surface area contributed by atoms with E-state index >= 15 is 0 Å². The molecule has 2 heterocycles. The Kier molecular flexibility index (Phi) is 4.23. The first-order valence-electron chi connectivity index (χ1n) is 7.29. The fourth-order valence-corrected chi connectivity index (χ4v) is 2.71. The Morgan fingerprint density at radius 2 is 1.95 bits per heavy atom. The van der Waals surface area contributed by atoms with Crippen molar-refractivity contribution < 1.29 is 14.6 Å². The van der Waals surface area contributed by atoms with Gasteiger partial charge in [-0.15, -0.1) is 0 Å². The first-order chi connectivity index (χ1) is 9.81. The molecule has 1 N–H and O–H groups in total. The van der Waals surface area contributed by atoms with Crippen LogP contribution < -0.4 is 9.47 Å². The zero-order valence-corrected chi connectivity index (χ0v) is 11.6. The Bertz CT molecular complexity index is 481. The van der Waals surface area contributed by atoms with Crippen LogP contribution in [0.2, 0.25) is 0 Å². The number of fused-ring (bicyclic) bond motifs is 1. The maximum Gasteiger partial charge on any atom is 0.231 e. The van der Waals surface area contributed by atoms with E-state index in [9.17, 15) is 5.11 Å². The predicted molar refractivity (Wildman–Crippen MR) is 77.9 cm³/mol. The van der Waals surface area contributed by atoms with Crippen molar-refractivity contribution in [2.75, 3.05) is 26.4 Å². The van der Waals surface area contributed by atoms with Gasteiger partial charge in [0.1, 0.15) is 0 Å². The van der Waals surface area contributed by atoms with Gasteiger partial charge in [-0.2, -0.15) is 0 Å². The highest BCUT2D eigenvalue weighted by atomic mass is 16.7. The molecule has 3 rings (SSSR count). The molecule has 2 aliphatic heterocycles. The third-order valence-electron chi connectivity index (χ3n) is 3.80. The van der Waals surface area contributed by atoms with Crippen molar-refractivity contribution in [3.8, 4) is 11.5 Å². The highest BCUT2D eigenvalue weighted by Gasteiger charge is 2.14. The second-order valence-electron chi connectivity index (χ2n) is 5.40. The summed E-state index contributed by atoms with van der Waals surface area (Å²) in [7, 11) is 0. The minimum absolute atomic E-state index is 0.292. The lowest BCUT2D eigenvalue weighted by Gasteiger charge is -2.27. The van der Waals surface area contributed by atoms with Crippen molar-refractivity contribution in [1.29, 1.82) is 0 Å². The standard InChI is InChI=1S/C16H21NO3/c18-14(11-17-8-2-1-3-9-17)6-4-13-5-7-15-16(10-13)20-12-19-15/h4-7,10,14,18H,1-3,8-9,11-12H2. The summed E-state index contributed by atoms with van der Waals surface area (Å²) in [5.41, 5.74) is 1.02. The zero-order valence-electron chi connectivity index (χ0n) is 11.6. The third kappa shape index (κ3) is 3.32. The molecule has 0 aromatic heterocycles. The Labute approximate surface area is 119 Å². The molecular formula is C16H21NO3. The quantitative estimate of drug-likeness (QED) is 0.915. The van der Waals surface area contributed by atoms with Crippen LogP contribution in [0.15, 0.2) is 24.3 Å². The van der Waals surface area contributed by atoms with E-state index in [0.29, 0.717) is 6.79 Å². The summed E-state index contributed by atoms with van der Waals surface area (Å²) in [4.78, 5) is 2.33. The lowest BCUT2D eigenvalue weighted by molar-refractivity contribution is 0.132. The number of piperidine rings is 1. The van der Waals surface area contributed by atoms with Crippen LogP contribution in [0, 0.1) is 0 Å². The number of likely N-dealkylation sites (tertiary alicyclic amines) is 1. The average Bonchev–Trinajstić information content (AvgIpc) is 2.93. The van der Waals surface area contributed by atoms with Gasteiger partial charge in [-0.3, -0.25) is 0 Å². The summed E-state index contributed by atoms with van der Waals surface area (Å²) in [5.74, 6) is 1.56. The smallest absolute Gasteiger partial charge is 0.231 e. The van der Waals surface area contributed by atoms with Gasteiger partial charge in [-0.1, -0.05) is 24.6 Å². The monoisotopic (exact) mass is 275 g/mol. The fourth-order valence-electron chi connectivity index (χ4n) is 2.71. The summed E-state index contributed by atoms with van der Waals surface area (Å²) in [6.07, 6.45) is 7.19. The number of benzene rings is 1.